The van der Waals surface area contributed by atoms with Crippen molar-refractivity contribution in [2.24, 2.45) is 11.7 Å². The summed E-state index contributed by atoms with van der Waals surface area (Å²) in [6.45, 7) is 2.27. The molecule has 0 bridgehead atoms. The second-order valence-corrected chi connectivity index (χ2v) is 4.94. The van der Waals surface area contributed by atoms with E-state index in [0.29, 0.717) is 11.9 Å². The Balaban J connectivity index is 2.00. The highest BCUT2D eigenvalue weighted by Gasteiger charge is 2.22. The van der Waals surface area contributed by atoms with E-state index in [2.05, 4.69) is 17.0 Å². The van der Waals surface area contributed by atoms with Crippen molar-refractivity contribution < 1.29 is 0 Å². The van der Waals surface area contributed by atoms with Crippen LogP contribution in [-0.2, 0) is 0 Å². The zero-order valence-electron chi connectivity index (χ0n) is 9.59. The molecule has 1 aliphatic carbocycles. The van der Waals surface area contributed by atoms with Crippen LogP contribution in [0.15, 0.2) is 6.33 Å². The maximum atomic E-state index is 5.49. The van der Waals surface area contributed by atoms with Crippen molar-refractivity contribution in [1.29, 1.82) is 0 Å². The third-order valence-electron chi connectivity index (χ3n) is 3.50. The number of thiocarbonyl (C=S) groups is 1. The van der Waals surface area contributed by atoms with Crippen LogP contribution in [0.3, 0.4) is 0 Å². The van der Waals surface area contributed by atoms with Gasteiger partial charge in [-0.1, -0.05) is 25.6 Å². The molecule has 4 nitrogen and oxygen atoms in total. The number of aromatic nitrogens is 3. The van der Waals surface area contributed by atoms with Gasteiger partial charge < -0.3 is 5.73 Å². The Bertz CT molecular complexity index is 366. The van der Waals surface area contributed by atoms with Crippen molar-refractivity contribution in [3.8, 4) is 0 Å². The van der Waals surface area contributed by atoms with Crippen LogP contribution in [-0.4, -0.2) is 19.8 Å². The molecule has 0 radical (unpaired) electrons. The van der Waals surface area contributed by atoms with Crippen molar-refractivity contribution in [2.45, 2.75) is 45.1 Å². The summed E-state index contributed by atoms with van der Waals surface area (Å²) >= 11 is 4.85. The lowest BCUT2D eigenvalue weighted by molar-refractivity contribution is 0.256. The second kappa shape index (κ2) is 4.91. The Kier molecular flexibility index (Phi) is 3.53. The van der Waals surface area contributed by atoms with Gasteiger partial charge in [-0.15, -0.1) is 5.10 Å². The minimum Gasteiger partial charge on any atom is -0.387 e. The smallest absolute Gasteiger partial charge is 0.208 e. The van der Waals surface area contributed by atoms with Crippen LogP contribution in [0.4, 0.5) is 0 Å². The minimum atomic E-state index is 0.279. The Morgan fingerprint density at radius 1 is 1.50 bits per heavy atom. The Hall–Kier alpha value is -0.970. The molecule has 2 rings (SSSR count). The van der Waals surface area contributed by atoms with Crippen LogP contribution >= 0.6 is 12.2 Å². The van der Waals surface area contributed by atoms with Crippen molar-refractivity contribution in [1.82, 2.24) is 14.8 Å². The van der Waals surface area contributed by atoms with Crippen molar-refractivity contribution in [3.05, 3.63) is 12.2 Å². The van der Waals surface area contributed by atoms with Gasteiger partial charge in [0.05, 0.1) is 6.04 Å². The van der Waals surface area contributed by atoms with Crippen LogP contribution in [0.5, 0.6) is 0 Å². The quantitative estimate of drug-likeness (QED) is 0.819. The molecular formula is C11H18N4S. The molecule has 2 N–H and O–H groups in total. The van der Waals surface area contributed by atoms with E-state index in [-0.39, 0.29) is 4.99 Å². The number of hydrogen-bond donors (Lipinski definition) is 1. The summed E-state index contributed by atoms with van der Waals surface area (Å²) in [5, 5.41) is 4.32. The molecule has 1 saturated carbocycles. The van der Waals surface area contributed by atoms with E-state index in [4.69, 9.17) is 18.0 Å². The predicted molar refractivity (Wildman–Crippen MR) is 67.2 cm³/mol. The molecule has 1 fully saturated rings. The highest BCUT2D eigenvalue weighted by molar-refractivity contribution is 7.80. The molecule has 0 atom stereocenters. The molecule has 0 aliphatic heterocycles. The third kappa shape index (κ3) is 2.40. The topological polar surface area (TPSA) is 56.7 Å². The largest absolute Gasteiger partial charge is 0.387 e. The average Bonchev–Trinajstić information content (AvgIpc) is 2.78. The van der Waals surface area contributed by atoms with Gasteiger partial charge in [0.15, 0.2) is 0 Å². The van der Waals surface area contributed by atoms with Crippen LogP contribution in [0.25, 0.3) is 0 Å². The first-order valence-corrected chi connectivity index (χ1v) is 6.32. The zero-order valence-corrected chi connectivity index (χ0v) is 10.4. The summed E-state index contributed by atoms with van der Waals surface area (Å²) in [5.74, 6) is 1.39. The van der Waals surface area contributed by atoms with E-state index in [9.17, 15) is 0 Å². The van der Waals surface area contributed by atoms with Crippen LogP contribution in [0.1, 0.15) is 50.9 Å². The fraction of sp³-hybridized carbons (Fsp3) is 0.727. The Labute approximate surface area is 101 Å². The monoisotopic (exact) mass is 238 g/mol. The van der Waals surface area contributed by atoms with Crippen LogP contribution in [0, 0.1) is 5.92 Å². The predicted octanol–water partition coefficient (Wildman–Crippen LogP) is 2.05. The summed E-state index contributed by atoms with van der Waals surface area (Å²) < 4.78 is 1.93. The molecule has 0 aromatic carbocycles. The molecule has 88 valence electrons. The molecule has 1 heterocycles. The second-order valence-electron chi connectivity index (χ2n) is 4.50. The molecule has 0 amide bonds. The number of hydrogen-bond acceptors (Lipinski definition) is 3. The molecule has 1 aliphatic rings. The number of nitrogens with two attached hydrogens (primary N) is 1. The summed E-state index contributed by atoms with van der Waals surface area (Å²) in [5.41, 5.74) is 5.49. The van der Waals surface area contributed by atoms with E-state index in [0.717, 1.165) is 5.92 Å². The summed E-state index contributed by atoms with van der Waals surface area (Å²) in [6, 6.07) is 0.485. The van der Waals surface area contributed by atoms with E-state index >= 15 is 0 Å². The molecule has 5 heteroatoms. The summed E-state index contributed by atoms with van der Waals surface area (Å²) in [4.78, 5) is 4.39. The number of nitrogens with zero attached hydrogens (tertiary/aromatic N) is 3. The number of rotatable bonds is 3. The Morgan fingerprint density at radius 3 is 2.69 bits per heavy atom. The van der Waals surface area contributed by atoms with Gasteiger partial charge in [-0.25, -0.2) is 9.67 Å². The first-order valence-electron chi connectivity index (χ1n) is 5.91. The van der Waals surface area contributed by atoms with Gasteiger partial charge >= 0.3 is 0 Å². The van der Waals surface area contributed by atoms with Gasteiger partial charge in [-0.05, 0) is 31.6 Å². The van der Waals surface area contributed by atoms with E-state index < -0.39 is 0 Å². The lowest BCUT2D eigenvalue weighted by atomic mass is 9.85. The van der Waals surface area contributed by atoms with E-state index in [1.165, 1.54) is 32.1 Å². The first-order chi connectivity index (χ1) is 7.70. The van der Waals surface area contributed by atoms with Crippen LogP contribution < -0.4 is 5.73 Å². The third-order valence-corrected chi connectivity index (χ3v) is 3.68. The first kappa shape index (κ1) is 11.5. The summed E-state index contributed by atoms with van der Waals surface area (Å²) in [6.07, 6.45) is 8.03. The maximum absolute atomic E-state index is 5.49. The Morgan fingerprint density at radius 2 is 2.19 bits per heavy atom. The molecule has 0 saturated heterocycles. The summed E-state index contributed by atoms with van der Waals surface area (Å²) in [7, 11) is 0. The standard InChI is InChI=1S/C11H18N4S/c1-2-8-3-5-9(6-4-8)15-7-13-11(14-15)10(12)16/h7-9H,2-6H2,1H3,(H2,12,16). The van der Waals surface area contributed by atoms with Gasteiger partial charge in [0, 0.05) is 0 Å². The van der Waals surface area contributed by atoms with E-state index in [1.54, 1.807) is 6.33 Å². The van der Waals surface area contributed by atoms with Gasteiger partial charge in [-0.3, -0.25) is 0 Å². The van der Waals surface area contributed by atoms with Gasteiger partial charge in [0.25, 0.3) is 0 Å². The molecule has 16 heavy (non-hydrogen) atoms. The van der Waals surface area contributed by atoms with Crippen LogP contribution in [0.2, 0.25) is 0 Å². The zero-order chi connectivity index (χ0) is 11.5. The van der Waals surface area contributed by atoms with Crippen molar-refractivity contribution in [3.63, 3.8) is 0 Å². The molecule has 0 spiro atoms. The van der Waals surface area contributed by atoms with Crippen molar-refractivity contribution >= 4 is 17.2 Å². The molecule has 1 aromatic rings. The minimum absolute atomic E-state index is 0.279. The molecule has 1 aromatic heterocycles. The fourth-order valence-corrected chi connectivity index (χ4v) is 2.47. The normalized spacial score (nSPS) is 25.6. The van der Waals surface area contributed by atoms with Gasteiger partial charge in [0.1, 0.15) is 11.3 Å². The SMILES string of the molecule is CCC1CCC(n2cnc(C(N)=S)n2)CC1. The average molecular weight is 238 g/mol. The highest BCUT2D eigenvalue weighted by Crippen LogP contribution is 2.32. The van der Waals surface area contributed by atoms with E-state index in [1.807, 2.05) is 4.68 Å². The van der Waals surface area contributed by atoms with Gasteiger partial charge in [-0.2, -0.15) is 0 Å². The fourth-order valence-electron chi connectivity index (χ4n) is 2.38. The molecule has 0 unspecified atom stereocenters. The lowest BCUT2D eigenvalue weighted by Gasteiger charge is -2.27. The maximum Gasteiger partial charge on any atom is 0.208 e. The molecular weight excluding hydrogens is 220 g/mol. The van der Waals surface area contributed by atoms with Crippen molar-refractivity contribution in [2.75, 3.05) is 0 Å². The lowest BCUT2D eigenvalue weighted by Crippen LogP contribution is -2.19. The van der Waals surface area contributed by atoms with Gasteiger partial charge in [0.2, 0.25) is 5.82 Å². The highest BCUT2D eigenvalue weighted by atomic mass is 32.1.